The molecule has 0 amide bonds. The van der Waals surface area contributed by atoms with Gasteiger partial charge in [-0.1, -0.05) is 42.5 Å². The standard InChI is InChI=1S/C16H14IN/c1-12-10-13-6-3-5-9-16(13)18(17)11-14-7-2-4-8-15(12)14/h2-10H,11H2,1H3/b12-10-. The summed E-state index contributed by atoms with van der Waals surface area (Å²) in [7, 11) is 0. The quantitative estimate of drug-likeness (QED) is 0.483. The number of hydrogen-bond donors (Lipinski definition) is 0. The van der Waals surface area contributed by atoms with Crippen LogP contribution in [0.5, 0.6) is 0 Å². The highest BCUT2D eigenvalue weighted by atomic mass is 127. The van der Waals surface area contributed by atoms with E-state index in [4.69, 9.17) is 0 Å². The van der Waals surface area contributed by atoms with Crippen molar-refractivity contribution in [2.45, 2.75) is 13.5 Å². The minimum Gasteiger partial charge on any atom is -0.310 e. The Kier molecular flexibility index (Phi) is 3.12. The van der Waals surface area contributed by atoms with Crippen molar-refractivity contribution in [2.75, 3.05) is 3.11 Å². The Morgan fingerprint density at radius 1 is 1.00 bits per heavy atom. The summed E-state index contributed by atoms with van der Waals surface area (Å²) in [4.78, 5) is 0. The molecule has 0 aromatic heterocycles. The van der Waals surface area contributed by atoms with Gasteiger partial charge in [0, 0.05) is 0 Å². The fourth-order valence-corrected chi connectivity index (χ4v) is 3.23. The molecule has 0 saturated carbocycles. The first-order valence-corrected chi connectivity index (χ1v) is 7.01. The topological polar surface area (TPSA) is 3.24 Å². The van der Waals surface area contributed by atoms with Crippen LogP contribution in [0.15, 0.2) is 48.5 Å². The van der Waals surface area contributed by atoms with Crippen molar-refractivity contribution in [3.8, 4) is 0 Å². The Morgan fingerprint density at radius 3 is 2.61 bits per heavy atom. The Hall–Kier alpha value is -1.29. The number of para-hydroxylation sites is 1. The highest BCUT2D eigenvalue weighted by Gasteiger charge is 2.14. The van der Waals surface area contributed by atoms with E-state index >= 15 is 0 Å². The van der Waals surface area contributed by atoms with Crippen molar-refractivity contribution >= 4 is 40.2 Å². The molecule has 1 heterocycles. The van der Waals surface area contributed by atoms with Gasteiger partial charge in [0.1, 0.15) is 0 Å². The monoisotopic (exact) mass is 347 g/mol. The number of rotatable bonds is 0. The Bertz CT molecular complexity index is 616. The molecule has 0 N–H and O–H groups in total. The van der Waals surface area contributed by atoms with Crippen LogP contribution in [0.25, 0.3) is 11.6 Å². The fraction of sp³-hybridized carbons (Fsp3) is 0.125. The summed E-state index contributed by atoms with van der Waals surface area (Å²) in [6, 6.07) is 17.2. The molecular formula is C16H14IN. The molecule has 1 nitrogen and oxygen atoms in total. The van der Waals surface area contributed by atoms with Crippen molar-refractivity contribution in [3.05, 3.63) is 65.2 Å². The number of halogens is 1. The maximum absolute atomic E-state index is 2.40. The third-order valence-electron chi connectivity index (χ3n) is 3.32. The summed E-state index contributed by atoms with van der Waals surface area (Å²) < 4.78 is 2.29. The smallest absolute Gasteiger partial charge is 0.0594 e. The van der Waals surface area contributed by atoms with E-state index in [0.717, 1.165) is 6.54 Å². The van der Waals surface area contributed by atoms with Gasteiger partial charge >= 0.3 is 0 Å². The van der Waals surface area contributed by atoms with Crippen molar-refractivity contribution in [2.24, 2.45) is 0 Å². The third-order valence-corrected chi connectivity index (χ3v) is 4.18. The molecule has 18 heavy (non-hydrogen) atoms. The van der Waals surface area contributed by atoms with Gasteiger partial charge in [-0.2, -0.15) is 0 Å². The van der Waals surface area contributed by atoms with E-state index < -0.39 is 0 Å². The van der Waals surface area contributed by atoms with Gasteiger partial charge in [0.25, 0.3) is 0 Å². The van der Waals surface area contributed by atoms with Crippen LogP contribution in [-0.2, 0) is 6.54 Å². The van der Waals surface area contributed by atoms with E-state index in [9.17, 15) is 0 Å². The summed E-state index contributed by atoms with van der Waals surface area (Å²) >= 11 is 2.40. The van der Waals surface area contributed by atoms with Gasteiger partial charge in [0.2, 0.25) is 0 Å². The van der Waals surface area contributed by atoms with E-state index in [0.29, 0.717) is 0 Å². The minimum atomic E-state index is 0.943. The van der Waals surface area contributed by atoms with Gasteiger partial charge in [-0.05, 0) is 41.3 Å². The Morgan fingerprint density at radius 2 is 1.72 bits per heavy atom. The molecule has 1 aliphatic heterocycles. The number of anilines is 1. The van der Waals surface area contributed by atoms with Gasteiger partial charge in [-0.3, -0.25) is 0 Å². The van der Waals surface area contributed by atoms with Gasteiger partial charge < -0.3 is 3.11 Å². The van der Waals surface area contributed by atoms with E-state index in [1.54, 1.807) is 0 Å². The second-order valence-electron chi connectivity index (χ2n) is 4.56. The molecule has 2 heteroatoms. The number of hydrogen-bond acceptors (Lipinski definition) is 1. The molecule has 0 radical (unpaired) electrons. The van der Waals surface area contributed by atoms with Crippen molar-refractivity contribution in [1.29, 1.82) is 0 Å². The van der Waals surface area contributed by atoms with E-state index in [-0.39, 0.29) is 0 Å². The highest BCUT2D eigenvalue weighted by Crippen LogP contribution is 2.33. The minimum absolute atomic E-state index is 0.943. The molecular weight excluding hydrogens is 333 g/mol. The van der Waals surface area contributed by atoms with Crippen LogP contribution >= 0.6 is 22.9 Å². The largest absolute Gasteiger partial charge is 0.310 e. The van der Waals surface area contributed by atoms with Crippen molar-refractivity contribution < 1.29 is 0 Å². The molecule has 1 aliphatic rings. The molecule has 3 rings (SSSR count). The zero-order chi connectivity index (χ0) is 12.5. The molecule has 90 valence electrons. The van der Waals surface area contributed by atoms with Crippen LogP contribution in [0.3, 0.4) is 0 Å². The van der Waals surface area contributed by atoms with Gasteiger partial charge in [0.05, 0.1) is 35.1 Å². The van der Waals surface area contributed by atoms with Gasteiger partial charge in [-0.25, -0.2) is 0 Å². The third kappa shape index (κ3) is 2.05. The number of allylic oxidation sites excluding steroid dienone is 1. The van der Waals surface area contributed by atoms with E-state index in [2.05, 4.69) is 87.5 Å². The first kappa shape index (κ1) is 11.8. The SMILES string of the molecule is C/C1=C/c2ccccc2N(I)Cc2ccccc21. The van der Waals surface area contributed by atoms with Crippen molar-refractivity contribution in [3.63, 3.8) is 0 Å². The molecule has 0 atom stereocenters. The zero-order valence-corrected chi connectivity index (χ0v) is 12.4. The molecule has 0 aliphatic carbocycles. The molecule has 0 saturated heterocycles. The average Bonchev–Trinajstić information content (AvgIpc) is 2.38. The molecule has 2 aromatic rings. The molecule has 0 fully saturated rings. The summed E-state index contributed by atoms with van der Waals surface area (Å²) in [6.45, 7) is 3.14. The summed E-state index contributed by atoms with van der Waals surface area (Å²) in [6.07, 6.45) is 2.28. The predicted molar refractivity (Wildman–Crippen MR) is 86.6 cm³/mol. The second kappa shape index (κ2) is 4.76. The van der Waals surface area contributed by atoms with Crippen LogP contribution in [0.1, 0.15) is 23.6 Å². The highest BCUT2D eigenvalue weighted by molar-refractivity contribution is 14.1. The Balaban J connectivity index is 2.23. The first-order chi connectivity index (χ1) is 8.75. The maximum atomic E-state index is 2.40. The fourth-order valence-electron chi connectivity index (χ4n) is 2.42. The lowest BCUT2D eigenvalue weighted by Gasteiger charge is -2.23. The lowest BCUT2D eigenvalue weighted by molar-refractivity contribution is 1.07. The first-order valence-electron chi connectivity index (χ1n) is 6.04. The average molecular weight is 347 g/mol. The van der Waals surface area contributed by atoms with Crippen LogP contribution in [-0.4, -0.2) is 0 Å². The normalized spacial score (nSPS) is 17.0. The second-order valence-corrected chi connectivity index (χ2v) is 5.73. The lowest BCUT2D eigenvalue weighted by atomic mass is 9.96. The van der Waals surface area contributed by atoms with Crippen LogP contribution < -0.4 is 3.11 Å². The van der Waals surface area contributed by atoms with E-state index in [1.807, 2.05) is 0 Å². The summed E-state index contributed by atoms with van der Waals surface area (Å²) in [5.41, 5.74) is 6.65. The predicted octanol–water partition coefficient (Wildman–Crippen LogP) is 4.92. The van der Waals surface area contributed by atoms with Gasteiger partial charge in [-0.15, -0.1) is 0 Å². The van der Waals surface area contributed by atoms with Crippen LogP contribution in [0.2, 0.25) is 0 Å². The zero-order valence-electron chi connectivity index (χ0n) is 10.2. The van der Waals surface area contributed by atoms with E-state index in [1.165, 1.54) is 28.0 Å². The number of nitrogens with zero attached hydrogens (tertiary/aromatic N) is 1. The molecule has 0 spiro atoms. The Labute approximate surface area is 122 Å². The summed E-state index contributed by atoms with van der Waals surface area (Å²) in [5.74, 6) is 0. The van der Waals surface area contributed by atoms with Gasteiger partial charge in [0.15, 0.2) is 0 Å². The lowest BCUT2D eigenvalue weighted by Crippen LogP contribution is -2.12. The number of fused-ring (bicyclic) bond motifs is 2. The molecule has 2 aromatic carbocycles. The van der Waals surface area contributed by atoms with Crippen molar-refractivity contribution in [1.82, 2.24) is 0 Å². The van der Waals surface area contributed by atoms with Crippen LogP contribution in [0, 0.1) is 0 Å². The number of benzene rings is 2. The summed E-state index contributed by atoms with van der Waals surface area (Å²) in [5, 5.41) is 0. The maximum Gasteiger partial charge on any atom is 0.0594 e. The molecule has 0 unspecified atom stereocenters. The van der Waals surface area contributed by atoms with Crippen LogP contribution in [0.4, 0.5) is 5.69 Å². The molecule has 0 bridgehead atoms.